The van der Waals surface area contributed by atoms with Gasteiger partial charge in [-0.3, -0.25) is 0 Å². The molecule has 0 aromatic rings. The Morgan fingerprint density at radius 3 is 3.31 bits per heavy atom. The van der Waals surface area contributed by atoms with Crippen molar-refractivity contribution in [1.29, 1.82) is 0 Å². The molecule has 2 unspecified atom stereocenters. The van der Waals surface area contributed by atoms with Crippen LogP contribution >= 0.6 is 0 Å². The molecule has 0 amide bonds. The maximum absolute atomic E-state index is 5.88. The molecule has 16 heavy (non-hydrogen) atoms. The molecule has 0 bridgehead atoms. The van der Waals surface area contributed by atoms with E-state index in [0.29, 0.717) is 17.9 Å². The largest absolute Gasteiger partial charge is 0.351 e. The highest BCUT2D eigenvalue weighted by Gasteiger charge is 2.82. The molecular weight excluding hydrogens is 200 g/mol. The first kappa shape index (κ1) is 9.43. The molecule has 2 nitrogen and oxygen atoms in total. The van der Waals surface area contributed by atoms with Gasteiger partial charge in [0.1, 0.15) is 0 Å². The second-order valence-corrected chi connectivity index (χ2v) is 5.93. The first-order valence-electron chi connectivity index (χ1n) is 6.28. The van der Waals surface area contributed by atoms with E-state index in [0.717, 1.165) is 18.4 Å². The highest BCUT2D eigenvalue weighted by atomic mass is 16.7. The van der Waals surface area contributed by atoms with Crippen LogP contribution in [0.4, 0.5) is 0 Å². The molecule has 4 aliphatic rings. The molecule has 1 heterocycles. The molecule has 0 aromatic heterocycles. The molecule has 86 valence electrons. The Bertz CT molecular complexity index is 388. The summed E-state index contributed by atoms with van der Waals surface area (Å²) in [7, 11) is 0. The van der Waals surface area contributed by atoms with Gasteiger partial charge in [-0.1, -0.05) is 25.2 Å². The van der Waals surface area contributed by atoms with Gasteiger partial charge < -0.3 is 9.47 Å². The van der Waals surface area contributed by atoms with Gasteiger partial charge in [-0.15, -0.1) is 6.58 Å². The number of fused-ring (bicyclic) bond motifs is 1. The summed E-state index contributed by atoms with van der Waals surface area (Å²) < 4.78 is 11.7. The van der Waals surface area contributed by atoms with Gasteiger partial charge in [0.25, 0.3) is 0 Å². The molecule has 4 rings (SSSR count). The van der Waals surface area contributed by atoms with Crippen molar-refractivity contribution < 1.29 is 9.47 Å². The quantitative estimate of drug-likeness (QED) is 0.677. The lowest BCUT2D eigenvalue weighted by Crippen LogP contribution is -2.39. The van der Waals surface area contributed by atoms with Gasteiger partial charge in [0.2, 0.25) is 0 Å². The van der Waals surface area contributed by atoms with Crippen molar-refractivity contribution in [3.63, 3.8) is 0 Å². The third-order valence-corrected chi connectivity index (χ3v) is 5.72. The van der Waals surface area contributed by atoms with E-state index in [1.807, 2.05) is 6.08 Å². The minimum atomic E-state index is -0.0331. The first-order valence-corrected chi connectivity index (χ1v) is 6.28. The smallest absolute Gasteiger partial charge is 0.167 e. The maximum atomic E-state index is 5.88. The van der Waals surface area contributed by atoms with Crippen LogP contribution in [0.1, 0.15) is 13.3 Å². The Morgan fingerprint density at radius 1 is 1.62 bits per heavy atom. The van der Waals surface area contributed by atoms with E-state index in [4.69, 9.17) is 9.47 Å². The predicted molar refractivity (Wildman–Crippen MR) is 60.7 cm³/mol. The summed E-state index contributed by atoms with van der Waals surface area (Å²) in [6.07, 6.45) is 7.94. The zero-order chi connectivity index (χ0) is 11.0. The van der Waals surface area contributed by atoms with Crippen LogP contribution in [-0.4, -0.2) is 19.5 Å². The summed E-state index contributed by atoms with van der Waals surface area (Å²) >= 11 is 0. The second kappa shape index (κ2) is 2.62. The molecule has 3 aliphatic carbocycles. The fourth-order valence-corrected chi connectivity index (χ4v) is 4.91. The fraction of sp³-hybridized carbons (Fsp3) is 0.714. The summed E-state index contributed by atoms with van der Waals surface area (Å²) in [5.41, 5.74) is 0.630. The molecular formula is C14H18O2. The van der Waals surface area contributed by atoms with E-state index >= 15 is 0 Å². The monoisotopic (exact) mass is 218 g/mol. The molecule has 1 aliphatic heterocycles. The van der Waals surface area contributed by atoms with Gasteiger partial charge in [0.15, 0.2) is 6.29 Å². The minimum absolute atomic E-state index is 0.0331. The standard InChI is InChI=1S/C14H18O2/c1-3-6-15-12-14-5-4-10-11(13(10,14)2)7-9(14)8-16-12/h3-5,9-12H,1,6-8H2,2H3/t9-,10?,11?,12-,13+,14-/m0/s1. The van der Waals surface area contributed by atoms with E-state index in [-0.39, 0.29) is 11.7 Å². The predicted octanol–water partition coefficient (Wildman–Crippen LogP) is 2.37. The summed E-state index contributed by atoms with van der Waals surface area (Å²) in [5, 5.41) is 0. The number of ether oxygens (including phenoxy) is 2. The van der Waals surface area contributed by atoms with Gasteiger partial charge >= 0.3 is 0 Å². The average molecular weight is 218 g/mol. The number of allylic oxidation sites excluding steroid dienone is 1. The van der Waals surface area contributed by atoms with Crippen molar-refractivity contribution in [3.05, 3.63) is 24.8 Å². The minimum Gasteiger partial charge on any atom is -0.351 e. The molecule has 1 saturated heterocycles. The zero-order valence-electron chi connectivity index (χ0n) is 9.69. The molecule has 0 aromatic carbocycles. The lowest BCUT2D eigenvalue weighted by Gasteiger charge is -2.35. The van der Waals surface area contributed by atoms with Gasteiger partial charge in [0.05, 0.1) is 18.6 Å². The van der Waals surface area contributed by atoms with Crippen molar-refractivity contribution in [2.24, 2.45) is 28.6 Å². The Hall–Kier alpha value is -0.600. The topological polar surface area (TPSA) is 18.5 Å². The first-order chi connectivity index (χ1) is 7.75. The normalized spacial score (nSPS) is 59.8. The van der Waals surface area contributed by atoms with Gasteiger partial charge in [-0.05, 0) is 29.6 Å². The third-order valence-electron chi connectivity index (χ3n) is 5.72. The zero-order valence-corrected chi connectivity index (χ0v) is 9.69. The SMILES string of the molecule is C=CCO[C@H]1OC[C@@H]2CC3C4C=C[C@]21[C@]43C. The summed E-state index contributed by atoms with van der Waals surface area (Å²) in [4.78, 5) is 0. The highest BCUT2D eigenvalue weighted by Crippen LogP contribution is 2.84. The summed E-state index contributed by atoms with van der Waals surface area (Å²) in [5.74, 6) is 2.40. The number of hydrogen-bond acceptors (Lipinski definition) is 2. The number of rotatable bonds is 3. The van der Waals surface area contributed by atoms with E-state index in [1.165, 1.54) is 6.42 Å². The Labute approximate surface area is 96.3 Å². The van der Waals surface area contributed by atoms with Crippen LogP contribution in [0.25, 0.3) is 0 Å². The average Bonchev–Trinajstić information content (AvgIpc) is 2.54. The summed E-state index contributed by atoms with van der Waals surface area (Å²) in [6.45, 7) is 7.62. The Kier molecular flexibility index (Phi) is 1.55. The van der Waals surface area contributed by atoms with Crippen LogP contribution < -0.4 is 0 Å². The van der Waals surface area contributed by atoms with E-state index in [1.54, 1.807) is 0 Å². The van der Waals surface area contributed by atoms with Gasteiger partial charge in [0, 0.05) is 0 Å². The third kappa shape index (κ3) is 0.723. The molecule has 3 fully saturated rings. The van der Waals surface area contributed by atoms with Gasteiger partial charge in [-0.25, -0.2) is 0 Å². The van der Waals surface area contributed by atoms with Crippen LogP contribution in [0.5, 0.6) is 0 Å². The molecule has 0 radical (unpaired) electrons. The molecule has 2 heteroatoms. The van der Waals surface area contributed by atoms with Crippen LogP contribution in [0.2, 0.25) is 0 Å². The van der Waals surface area contributed by atoms with Crippen molar-refractivity contribution >= 4 is 0 Å². The lowest BCUT2D eigenvalue weighted by molar-refractivity contribution is -0.155. The fourth-order valence-electron chi connectivity index (χ4n) is 4.91. The molecule has 0 N–H and O–H groups in total. The van der Waals surface area contributed by atoms with Gasteiger partial charge in [-0.2, -0.15) is 0 Å². The summed E-state index contributed by atoms with van der Waals surface area (Å²) in [6, 6.07) is 0. The Morgan fingerprint density at radius 2 is 2.50 bits per heavy atom. The highest BCUT2D eigenvalue weighted by molar-refractivity contribution is 5.40. The molecule has 2 saturated carbocycles. The van der Waals surface area contributed by atoms with Crippen LogP contribution in [0, 0.1) is 28.6 Å². The van der Waals surface area contributed by atoms with Crippen LogP contribution in [-0.2, 0) is 9.47 Å². The van der Waals surface area contributed by atoms with E-state index in [2.05, 4.69) is 25.7 Å². The number of hydrogen-bond donors (Lipinski definition) is 0. The molecule has 6 atom stereocenters. The van der Waals surface area contributed by atoms with E-state index < -0.39 is 0 Å². The van der Waals surface area contributed by atoms with Crippen LogP contribution in [0.3, 0.4) is 0 Å². The van der Waals surface area contributed by atoms with Crippen molar-refractivity contribution in [2.75, 3.05) is 13.2 Å². The Balaban J connectivity index is 1.72. The van der Waals surface area contributed by atoms with Crippen molar-refractivity contribution in [3.8, 4) is 0 Å². The molecule has 1 spiro atoms. The maximum Gasteiger partial charge on any atom is 0.167 e. The van der Waals surface area contributed by atoms with Crippen LogP contribution in [0.15, 0.2) is 24.8 Å². The van der Waals surface area contributed by atoms with Crippen molar-refractivity contribution in [1.82, 2.24) is 0 Å². The van der Waals surface area contributed by atoms with Crippen molar-refractivity contribution in [2.45, 2.75) is 19.6 Å². The second-order valence-electron chi connectivity index (χ2n) is 5.93. The van der Waals surface area contributed by atoms with E-state index in [9.17, 15) is 0 Å². The lowest BCUT2D eigenvalue weighted by atomic mass is 9.71.